The van der Waals surface area contributed by atoms with Crippen molar-refractivity contribution in [2.45, 2.75) is 0 Å². The molecule has 1 aromatic carbocycles. The molecule has 2 N–H and O–H groups in total. The monoisotopic (exact) mass is 258 g/mol. The predicted molar refractivity (Wildman–Crippen MR) is 66.3 cm³/mol. The van der Waals surface area contributed by atoms with Crippen molar-refractivity contribution < 1.29 is 19.1 Å². The lowest BCUT2D eigenvalue weighted by Gasteiger charge is -2.04. The summed E-state index contributed by atoms with van der Waals surface area (Å²) in [6.07, 6.45) is 1.58. The summed E-state index contributed by atoms with van der Waals surface area (Å²) in [6.45, 7) is 0.161. The van der Waals surface area contributed by atoms with Crippen LogP contribution < -0.4 is 14.8 Å². The van der Waals surface area contributed by atoms with Gasteiger partial charge in [0.2, 0.25) is 6.79 Å². The number of carbonyl (C=O) groups is 2. The van der Waals surface area contributed by atoms with Gasteiger partial charge < -0.3 is 19.8 Å². The standard InChI is InChI=1S/C13H10N2O4/c16-12(9-2-1-5-14-9)13(17)15-8-3-4-10-11(6-8)19-7-18-10/h1-6,14H,7H2,(H,15,17). The zero-order valence-electron chi connectivity index (χ0n) is 9.80. The summed E-state index contributed by atoms with van der Waals surface area (Å²) < 4.78 is 10.3. The Bertz CT molecular complexity index is 634. The summed E-state index contributed by atoms with van der Waals surface area (Å²) in [6, 6.07) is 8.13. The molecule has 6 nitrogen and oxygen atoms in total. The summed E-state index contributed by atoms with van der Waals surface area (Å²) in [4.78, 5) is 26.2. The van der Waals surface area contributed by atoms with Crippen LogP contribution in [-0.4, -0.2) is 23.5 Å². The quantitative estimate of drug-likeness (QED) is 0.646. The van der Waals surface area contributed by atoms with E-state index >= 15 is 0 Å². The number of hydrogen-bond donors (Lipinski definition) is 2. The average molecular weight is 258 g/mol. The van der Waals surface area contributed by atoms with Gasteiger partial charge in [-0.3, -0.25) is 9.59 Å². The van der Waals surface area contributed by atoms with Gasteiger partial charge >= 0.3 is 0 Å². The van der Waals surface area contributed by atoms with E-state index in [4.69, 9.17) is 9.47 Å². The third-order valence-electron chi connectivity index (χ3n) is 2.68. The summed E-state index contributed by atoms with van der Waals surface area (Å²) in [5.41, 5.74) is 0.729. The molecule has 1 aromatic heterocycles. The van der Waals surface area contributed by atoms with Gasteiger partial charge in [0.15, 0.2) is 11.5 Å². The number of nitrogens with one attached hydrogen (secondary N) is 2. The van der Waals surface area contributed by atoms with Crippen molar-refractivity contribution in [1.29, 1.82) is 0 Å². The van der Waals surface area contributed by atoms with Crippen LogP contribution >= 0.6 is 0 Å². The lowest BCUT2D eigenvalue weighted by atomic mass is 10.2. The second kappa shape index (κ2) is 4.49. The number of Topliss-reactive ketones (excluding diaryl/α,β-unsaturated/α-hetero) is 1. The SMILES string of the molecule is O=C(Nc1ccc2c(c1)OCO2)C(=O)c1ccc[nH]1. The van der Waals surface area contributed by atoms with Gasteiger partial charge in [-0.15, -0.1) is 0 Å². The van der Waals surface area contributed by atoms with Crippen LogP contribution in [0, 0.1) is 0 Å². The molecule has 6 heteroatoms. The number of fused-ring (bicyclic) bond motifs is 1. The highest BCUT2D eigenvalue weighted by atomic mass is 16.7. The van der Waals surface area contributed by atoms with Gasteiger partial charge in [-0.2, -0.15) is 0 Å². The molecule has 0 aliphatic carbocycles. The van der Waals surface area contributed by atoms with E-state index in [1.54, 1.807) is 36.5 Å². The van der Waals surface area contributed by atoms with Gasteiger partial charge in [0.1, 0.15) is 0 Å². The normalized spacial score (nSPS) is 12.2. The first kappa shape index (κ1) is 11.3. The second-order valence-electron chi connectivity index (χ2n) is 3.94. The van der Waals surface area contributed by atoms with Gasteiger partial charge in [-0.25, -0.2) is 0 Å². The Morgan fingerprint density at radius 3 is 2.79 bits per heavy atom. The molecule has 0 saturated heterocycles. The number of hydrogen-bond acceptors (Lipinski definition) is 4. The van der Waals surface area contributed by atoms with Crippen molar-refractivity contribution >= 4 is 17.4 Å². The van der Waals surface area contributed by atoms with E-state index in [9.17, 15) is 9.59 Å². The number of amides is 1. The molecule has 2 aromatic rings. The largest absolute Gasteiger partial charge is 0.454 e. The second-order valence-corrected chi connectivity index (χ2v) is 3.94. The minimum absolute atomic E-state index is 0.161. The maximum absolute atomic E-state index is 11.8. The van der Waals surface area contributed by atoms with Crippen molar-refractivity contribution in [1.82, 2.24) is 4.98 Å². The van der Waals surface area contributed by atoms with Crippen LogP contribution in [0.2, 0.25) is 0 Å². The van der Waals surface area contributed by atoms with Gasteiger partial charge in [0, 0.05) is 18.0 Å². The van der Waals surface area contributed by atoms with Crippen molar-refractivity contribution in [3.05, 3.63) is 42.2 Å². The highest BCUT2D eigenvalue weighted by molar-refractivity contribution is 6.46. The van der Waals surface area contributed by atoms with Crippen molar-refractivity contribution in [3.63, 3.8) is 0 Å². The van der Waals surface area contributed by atoms with Crippen LogP contribution in [0.1, 0.15) is 10.5 Å². The van der Waals surface area contributed by atoms with E-state index in [0.29, 0.717) is 17.2 Å². The fourth-order valence-electron chi connectivity index (χ4n) is 1.76. The molecule has 0 atom stereocenters. The van der Waals surface area contributed by atoms with Crippen LogP contribution in [0.5, 0.6) is 11.5 Å². The maximum atomic E-state index is 11.8. The molecule has 0 radical (unpaired) electrons. The average Bonchev–Trinajstić information content (AvgIpc) is 3.08. The van der Waals surface area contributed by atoms with Crippen molar-refractivity contribution in [2.75, 3.05) is 12.1 Å². The molecule has 2 heterocycles. The Kier molecular flexibility index (Phi) is 2.68. The molecule has 1 aliphatic rings. The zero-order valence-corrected chi connectivity index (χ0v) is 9.80. The highest BCUT2D eigenvalue weighted by Crippen LogP contribution is 2.34. The molecule has 0 spiro atoms. The smallest absolute Gasteiger partial charge is 0.298 e. The van der Waals surface area contributed by atoms with Crippen LogP contribution in [0.15, 0.2) is 36.5 Å². The number of rotatable bonds is 3. The number of carbonyl (C=O) groups excluding carboxylic acids is 2. The first-order chi connectivity index (χ1) is 9.24. The summed E-state index contributed by atoms with van der Waals surface area (Å²) in [5.74, 6) is -0.164. The topological polar surface area (TPSA) is 80.4 Å². The summed E-state index contributed by atoms with van der Waals surface area (Å²) >= 11 is 0. The first-order valence-corrected chi connectivity index (χ1v) is 5.63. The van der Waals surface area contributed by atoms with Crippen molar-refractivity contribution in [2.24, 2.45) is 0 Å². The third kappa shape index (κ3) is 2.15. The molecular weight excluding hydrogens is 248 g/mol. The molecule has 0 saturated carbocycles. The molecule has 1 aliphatic heterocycles. The van der Waals surface area contributed by atoms with Crippen LogP contribution in [-0.2, 0) is 4.79 Å². The van der Waals surface area contributed by atoms with E-state index in [1.165, 1.54) is 0 Å². The van der Waals surface area contributed by atoms with E-state index in [1.807, 2.05) is 0 Å². The van der Waals surface area contributed by atoms with Crippen LogP contribution in [0.25, 0.3) is 0 Å². The Hall–Kier alpha value is -2.76. The lowest BCUT2D eigenvalue weighted by Crippen LogP contribution is -2.23. The van der Waals surface area contributed by atoms with Gasteiger partial charge in [0.25, 0.3) is 11.7 Å². The Balaban J connectivity index is 1.75. The minimum atomic E-state index is -0.707. The zero-order chi connectivity index (χ0) is 13.2. The molecular formula is C13H10N2O4. The molecule has 96 valence electrons. The number of H-pyrrole nitrogens is 1. The number of ether oxygens (including phenoxy) is 2. The molecule has 0 fully saturated rings. The number of ketones is 1. The molecule has 0 bridgehead atoms. The van der Waals surface area contributed by atoms with Gasteiger partial charge in [-0.1, -0.05) is 0 Å². The fourth-order valence-corrected chi connectivity index (χ4v) is 1.76. The first-order valence-electron chi connectivity index (χ1n) is 5.63. The fraction of sp³-hybridized carbons (Fsp3) is 0.0769. The minimum Gasteiger partial charge on any atom is -0.454 e. The molecule has 1 amide bonds. The Morgan fingerprint density at radius 2 is 2.00 bits per heavy atom. The van der Waals surface area contributed by atoms with Crippen LogP contribution in [0.4, 0.5) is 5.69 Å². The molecule has 3 rings (SSSR count). The number of aromatic amines is 1. The highest BCUT2D eigenvalue weighted by Gasteiger charge is 2.19. The molecule has 0 unspecified atom stereocenters. The molecule has 19 heavy (non-hydrogen) atoms. The van der Waals surface area contributed by atoms with E-state index < -0.39 is 11.7 Å². The number of aromatic nitrogens is 1. The third-order valence-corrected chi connectivity index (χ3v) is 2.68. The van der Waals surface area contributed by atoms with Gasteiger partial charge in [-0.05, 0) is 24.3 Å². The lowest BCUT2D eigenvalue weighted by molar-refractivity contribution is -0.112. The van der Waals surface area contributed by atoms with Crippen molar-refractivity contribution in [3.8, 4) is 11.5 Å². The predicted octanol–water partition coefficient (Wildman–Crippen LogP) is 1.56. The summed E-state index contributed by atoms with van der Waals surface area (Å²) in [5, 5.41) is 2.52. The van der Waals surface area contributed by atoms with E-state index in [-0.39, 0.29) is 12.5 Å². The Morgan fingerprint density at radius 1 is 1.16 bits per heavy atom. The summed E-state index contributed by atoms with van der Waals surface area (Å²) in [7, 11) is 0. The number of anilines is 1. The van der Waals surface area contributed by atoms with E-state index in [2.05, 4.69) is 10.3 Å². The van der Waals surface area contributed by atoms with Crippen LogP contribution in [0.3, 0.4) is 0 Å². The van der Waals surface area contributed by atoms with Gasteiger partial charge in [0.05, 0.1) is 5.69 Å². The number of benzene rings is 1. The van der Waals surface area contributed by atoms with E-state index in [0.717, 1.165) is 0 Å². The Labute approximate surface area is 108 Å². The maximum Gasteiger partial charge on any atom is 0.298 e.